The van der Waals surface area contributed by atoms with Gasteiger partial charge in [-0.2, -0.15) is 0 Å². The average Bonchev–Trinajstić information content (AvgIpc) is 1.53. The zero-order chi connectivity index (χ0) is 58.1. The summed E-state index contributed by atoms with van der Waals surface area (Å²) >= 11 is 0. The number of benzene rings is 15. The Bertz CT molecular complexity index is 5060. The summed E-state index contributed by atoms with van der Waals surface area (Å²) < 4.78 is 0. The Kier molecular flexibility index (Phi) is 12.2. The molecule has 0 unspecified atom stereocenters. The fraction of sp³-hybridized carbons (Fsp3) is 0.0115. The molecule has 0 saturated carbocycles. The SMILES string of the molecule is c1ccc(-c2ccc(-c3c4c(c(-c5ccc(-c6ccccc6)cc5-c5ccccc5)c5ccccc35)-c3cc5c(c6cccc-4c36)-c3ccc(N(c4ccccc4)c4ccccc4)cc3C5(c3ccccc3)c3ccccc3)c(-c3ccccc3)c2)cc1. The topological polar surface area (TPSA) is 3.24 Å². The van der Waals surface area contributed by atoms with E-state index in [9.17, 15) is 0 Å². The summed E-state index contributed by atoms with van der Waals surface area (Å²) in [5.74, 6) is 0. The van der Waals surface area contributed by atoms with Gasteiger partial charge in [0.15, 0.2) is 0 Å². The summed E-state index contributed by atoms with van der Waals surface area (Å²) in [5, 5.41) is 4.95. The number of fused-ring (bicyclic) bond motifs is 8. The smallest absolute Gasteiger partial charge is 0.0714 e. The lowest BCUT2D eigenvalue weighted by molar-refractivity contribution is 0.769. The van der Waals surface area contributed by atoms with Crippen LogP contribution in [0.5, 0.6) is 0 Å². The molecule has 15 aromatic rings. The highest BCUT2D eigenvalue weighted by atomic mass is 15.1. The Hall–Kier alpha value is -11.4. The molecule has 0 amide bonds. The minimum atomic E-state index is -0.744. The molecule has 0 heterocycles. The van der Waals surface area contributed by atoms with E-state index < -0.39 is 5.41 Å². The van der Waals surface area contributed by atoms with E-state index in [2.05, 4.69) is 351 Å². The van der Waals surface area contributed by atoms with Crippen LogP contribution in [-0.2, 0) is 5.41 Å². The summed E-state index contributed by atoms with van der Waals surface area (Å²) in [6.07, 6.45) is 0. The van der Waals surface area contributed by atoms with E-state index in [-0.39, 0.29) is 0 Å². The Morgan fingerprint density at radius 2 is 0.591 bits per heavy atom. The van der Waals surface area contributed by atoms with E-state index in [4.69, 9.17) is 0 Å². The first-order chi connectivity index (χ1) is 43.7. The summed E-state index contributed by atoms with van der Waals surface area (Å²) in [5.41, 5.74) is 29.4. The summed E-state index contributed by atoms with van der Waals surface area (Å²) in [4.78, 5) is 2.41. The standard InChI is InChI=1S/C87H57N/c1-9-28-58(29-10-1)62-48-51-71(76(54-62)60-32-13-3-14-33-60)83-69-44-25-26-45-70(69)84(72-52-49-63(59-30-11-2-12-31-59)55-77(72)61-34-15-4-16-35-61)86-78-57-80-82(74-46-27-47-75(81(74)78)85(83)86)73-53-50-68(88(66-40-21-7-22-41-66)67-42-23-8-24-43-67)56-79(73)87(80,64-36-17-5-18-37-64)65-38-19-6-20-39-65/h1-57H. The van der Waals surface area contributed by atoms with E-state index in [1.165, 1.54) is 144 Å². The van der Waals surface area contributed by atoms with Gasteiger partial charge in [0.25, 0.3) is 0 Å². The molecule has 0 aliphatic heterocycles. The van der Waals surface area contributed by atoms with Crippen LogP contribution in [0.3, 0.4) is 0 Å². The van der Waals surface area contributed by atoms with Crippen molar-refractivity contribution in [2.24, 2.45) is 0 Å². The Labute approximate surface area is 514 Å². The van der Waals surface area contributed by atoms with Crippen molar-refractivity contribution in [2.45, 2.75) is 5.41 Å². The molecule has 2 aliphatic carbocycles. The van der Waals surface area contributed by atoms with Crippen LogP contribution >= 0.6 is 0 Å². The third-order valence-electron chi connectivity index (χ3n) is 18.7. The predicted octanol–water partition coefficient (Wildman–Crippen LogP) is 23.5. The molecule has 0 fully saturated rings. The third kappa shape index (κ3) is 8.02. The second-order valence-electron chi connectivity index (χ2n) is 23.3. The van der Waals surface area contributed by atoms with Crippen molar-refractivity contribution in [1.29, 1.82) is 0 Å². The Morgan fingerprint density at radius 1 is 0.193 bits per heavy atom. The molecule has 2 aliphatic rings. The van der Waals surface area contributed by atoms with Crippen molar-refractivity contribution in [3.8, 4) is 100 Å². The molecule has 88 heavy (non-hydrogen) atoms. The minimum absolute atomic E-state index is 0.744. The van der Waals surface area contributed by atoms with Gasteiger partial charge in [-0.05, 0) is 199 Å². The number of anilines is 3. The normalized spacial score (nSPS) is 12.4. The van der Waals surface area contributed by atoms with Crippen molar-refractivity contribution in [3.05, 3.63) is 368 Å². The van der Waals surface area contributed by atoms with Gasteiger partial charge in [0, 0.05) is 17.1 Å². The molecule has 0 saturated heterocycles. The maximum absolute atomic E-state index is 2.65. The Balaban J connectivity index is 1.03. The molecule has 17 rings (SSSR count). The van der Waals surface area contributed by atoms with E-state index in [0.29, 0.717) is 0 Å². The van der Waals surface area contributed by atoms with Crippen LogP contribution < -0.4 is 4.90 Å². The van der Waals surface area contributed by atoms with Crippen LogP contribution in [0.4, 0.5) is 17.1 Å². The molecule has 410 valence electrons. The van der Waals surface area contributed by atoms with Crippen molar-refractivity contribution < 1.29 is 0 Å². The highest BCUT2D eigenvalue weighted by Gasteiger charge is 2.49. The monoisotopic (exact) mass is 1120 g/mol. The van der Waals surface area contributed by atoms with E-state index in [0.717, 1.165) is 17.1 Å². The zero-order valence-corrected chi connectivity index (χ0v) is 48.4. The van der Waals surface area contributed by atoms with Crippen LogP contribution in [0.2, 0.25) is 0 Å². The number of hydrogen-bond donors (Lipinski definition) is 0. The van der Waals surface area contributed by atoms with Crippen molar-refractivity contribution in [2.75, 3.05) is 4.90 Å². The highest BCUT2D eigenvalue weighted by Crippen LogP contribution is 2.65. The maximum Gasteiger partial charge on any atom is 0.0714 e. The molecular formula is C87H57N. The summed E-state index contributed by atoms with van der Waals surface area (Å²) in [7, 11) is 0. The van der Waals surface area contributed by atoms with Gasteiger partial charge in [0.05, 0.1) is 5.41 Å². The molecule has 15 aromatic carbocycles. The van der Waals surface area contributed by atoms with Gasteiger partial charge < -0.3 is 4.90 Å². The quantitative estimate of drug-likeness (QED) is 0.125. The van der Waals surface area contributed by atoms with Crippen molar-refractivity contribution in [1.82, 2.24) is 0 Å². The zero-order valence-electron chi connectivity index (χ0n) is 48.4. The van der Waals surface area contributed by atoms with Gasteiger partial charge in [-0.3, -0.25) is 0 Å². The van der Waals surface area contributed by atoms with Crippen LogP contribution in [0.15, 0.2) is 346 Å². The van der Waals surface area contributed by atoms with Crippen LogP contribution in [-0.4, -0.2) is 0 Å². The fourth-order valence-corrected chi connectivity index (χ4v) is 15.0. The van der Waals surface area contributed by atoms with Gasteiger partial charge in [0.2, 0.25) is 0 Å². The van der Waals surface area contributed by atoms with Crippen molar-refractivity contribution >= 4 is 38.6 Å². The van der Waals surface area contributed by atoms with Gasteiger partial charge in [-0.15, -0.1) is 0 Å². The Morgan fingerprint density at radius 3 is 1.07 bits per heavy atom. The van der Waals surface area contributed by atoms with Crippen LogP contribution in [0.1, 0.15) is 22.3 Å². The van der Waals surface area contributed by atoms with Crippen LogP contribution in [0.25, 0.3) is 122 Å². The van der Waals surface area contributed by atoms with Gasteiger partial charge in [-0.25, -0.2) is 0 Å². The minimum Gasteiger partial charge on any atom is -0.310 e. The van der Waals surface area contributed by atoms with E-state index in [1.54, 1.807) is 0 Å². The van der Waals surface area contributed by atoms with Gasteiger partial charge in [-0.1, -0.05) is 291 Å². The highest BCUT2D eigenvalue weighted by molar-refractivity contribution is 6.30. The predicted molar refractivity (Wildman–Crippen MR) is 370 cm³/mol. The lowest BCUT2D eigenvalue weighted by Gasteiger charge is -2.35. The molecule has 0 bridgehead atoms. The molecular weight excluding hydrogens is 1060 g/mol. The third-order valence-corrected chi connectivity index (χ3v) is 18.7. The first-order valence-electron chi connectivity index (χ1n) is 30.6. The van der Waals surface area contributed by atoms with Gasteiger partial charge >= 0.3 is 0 Å². The second-order valence-corrected chi connectivity index (χ2v) is 23.3. The molecule has 0 aromatic heterocycles. The molecule has 0 radical (unpaired) electrons. The molecule has 0 atom stereocenters. The van der Waals surface area contributed by atoms with Crippen molar-refractivity contribution in [3.63, 3.8) is 0 Å². The number of hydrogen-bond acceptors (Lipinski definition) is 1. The number of nitrogens with zero attached hydrogens (tertiary/aromatic N) is 1. The maximum atomic E-state index is 2.65. The van der Waals surface area contributed by atoms with Gasteiger partial charge in [0.1, 0.15) is 0 Å². The summed E-state index contributed by atoms with van der Waals surface area (Å²) in [6.45, 7) is 0. The summed E-state index contributed by atoms with van der Waals surface area (Å²) in [6, 6.07) is 129. The first kappa shape index (κ1) is 51.1. The number of rotatable bonds is 11. The molecule has 1 nitrogen and oxygen atoms in total. The first-order valence-corrected chi connectivity index (χ1v) is 30.6. The second kappa shape index (κ2) is 21.0. The molecule has 0 N–H and O–H groups in total. The molecule has 0 spiro atoms. The fourth-order valence-electron chi connectivity index (χ4n) is 15.0. The number of para-hydroxylation sites is 2. The van der Waals surface area contributed by atoms with E-state index in [1.807, 2.05) is 0 Å². The average molecular weight is 1120 g/mol. The lowest BCUT2D eigenvalue weighted by Crippen LogP contribution is -2.29. The largest absolute Gasteiger partial charge is 0.310 e. The lowest BCUT2D eigenvalue weighted by atomic mass is 9.67. The van der Waals surface area contributed by atoms with E-state index >= 15 is 0 Å². The molecule has 1 heteroatoms. The van der Waals surface area contributed by atoms with Crippen LogP contribution in [0, 0.1) is 0 Å².